The van der Waals surface area contributed by atoms with E-state index in [4.69, 9.17) is 11.6 Å². The Morgan fingerprint density at radius 2 is 2.23 bits per heavy atom. The van der Waals surface area contributed by atoms with Gasteiger partial charge in [0.25, 0.3) is 0 Å². The average molecular weight is 195 g/mol. The van der Waals surface area contributed by atoms with Gasteiger partial charge in [0, 0.05) is 6.20 Å². The van der Waals surface area contributed by atoms with Gasteiger partial charge in [0.2, 0.25) is 0 Å². The summed E-state index contributed by atoms with van der Waals surface area (Å²) in [6, 6.07) is 3.74. The molecular formula is C8H7ClN4. The van der Waals surface area contributed by atoms with E-state index in [0.717, 1.165) is 5.69 Å². The van der Waals surface area contributed by atoms with Crippen molar-refractivity contribution in [1.82, 2.24) is 20.2 Å². The second-order valence-electron chi connectivity index (χ2n) is 2.58. The predicted molar refractivity (Wildman–Crippen MR) is 49.4 cm³/mol. The first kappa shape index (κ1) is 8.19. The molecule has 0 atom stereocenters. The van der Waals surface area contributed by atoms with E-state index in [-0.39, 0.29) is 0 Å². The summed E-state index contributed by atoms with van der Waals surface area (Å²) >= 11 is 5.89. The maximum Gasteiger partial charge on any atom is 0.160 e. The van der Waals surface area contributed by atoms with Crippen molar-refractivity contribution in [3.8, 4) is 11.4 Å². The van der Waals surface area contributed by atoms with Gasteiger partial charge in [0.05, 0.1) is 5.69 Å². The minimum Gasteiger partial charge on any atom is -0.360 e. The molecule has 5 heteroatoms. The van der Waals surface area contributed by atoms with Crippen molar-refractivity contribution in [3.63, 3.8) is 0 Å². The van der Waals surface area contributed by atoms with Gasteiger partial charge in [-0.15, -0.1) is 10.2 Å². The van der Waals surface area contributed by atoms with Crippen molar-refractivity contribution >= 4 is 11.6 Å². The lowest BCUT2D eigenvalue weighted by Gasteiger charge is -1.98. The van der Waals surface area contributed by atoms with Gasteiger partial charge in [0.15, 0.2) is 5.15 Å². The summed E-state index contributed by atoms with van der Waals surface area (Å²) in [6.07, 6.45) is 1.80. The van der Waals surface area contributed by atoms with Gasteiger partial charge in [-0.2, -0.15) is 0 Å². The highest BCUT2D eigenvalue weighted by atomic mass is 35.5. The normalized spacial score (nSPS) is 10.3. The van der Waals surface area contributed by atoms with Crippen LogP contribution in [-0.2, 0) is 0 Å². The molecule has 0 bridgehead atoms. The van der Waals surface area contributed by atoms with Crippen molar-refractivity contribution < 1.29 is 0 Å². The van der Waals surface area contributed by atoms with E-state index in [0.29, 0.717) is 16.7 Å². The highest BCUT2D eigenvalue weighted by Gasteiger charge is 2.07. The first-order valence-corrected chi connectivity index (χ1v) is 4.16. The fourth-order valence-corrected chi connectivity index (χ4v) is 1.29. The molecule has 0 spiro atoms. The molecule has 0 aromatic carbocycles. The highest BCUT2D eigenvalue weighted by molar-refractivity contribution is 6.31. The number of aryl methyl sites for hydroxylation is 1. The van der Waals surface area contributed by atoms with Crippen molar-refractivity contribution in [2.45, 2.75) is 6.92 Å². The first-order valence-electron chi connectivity index (χ1n) is 3.78. The van der Waals surface area contributed by atoms with Crippen LogP contribution in [0.5, 0.6) is 0 Å². The van der Waals surface area contributed by atoms with E-state index in [1.54, 1.807) is 13.1 Å². The molecule has 0 aliphatic rings. The standard InChI is InChI=1S/C8H7ClN4/c1-5-11-8(9)7(13-12-5)6-3-2-4-10-6/h2-4,10H,1H3. The van der Waals surface area contributed by atoms with Crippen LogP contribution < -0.4 is 0 Å². The Morgan fingerprint density at radius 1 is 1.38 bits per heavy atom. The quantitative estimate of drug-likeness (QED) is 0.754. The molecule has 2 heterocycles. The zero-order valence-corrected chi connectivity index (χ0v) is 7.71. The average Bonchev–Trinajstić information content (AvgIpc) is 2.56. The van der Waals surface area contributed by atoms with Crippen LogP contribution in [0.2, 0.25) is 5.15 Å². The van der Waals surface area contributed by atoms with Crippen molar-refractivity contribution in [2.75, 3.05) is 0 Å². The molecule has 66 valence electrons. The number of hydrogen-bond donors (Lipinski definition) is 1. The smallest absolute Gasteiger partial charge is 0.160 e. The maximum absolute atomic E-state index is 5.89. The van der Waals surface area contributed by atoms with E-state index >= 15 is 0 Å². The lowest BCUT2D eigenvalue weighted by molar-refractivity contribution is 0.911. The second-order valence-corrected chi connectivity index (χ2v) is 2.94. The van der Waals surface area contributed by atoms with Crippen molar-refractivity contribution in [1.29, 1.82) is 0 Å². The van der Waals surface area contributed by atoms with Crippen LogP contribution in [0.3, 0.4) is 0 Å². The number of aromatic nitrogens is 4. The van der Waals surface area contributed by atoms with Crippen LogP contribution in [0.4, 0.5) is 0 Å². The van der Waals surface area contributed by atoms with Gasteiger partial charge < -0.3 is 4.98 Å². The van der Waals surface area contributed by atoms with Gasteiger partial charge in [-0.1, -0.05) is 11.6 Å². The summed E-state index contributed by atoms with van der Waals surface area (Å²) in [5, 5.41) is 8.15. The minimum absolute atomic E-state index is 0.370. The molecule has 2 rings (SSSR count). The number of nitrogens with one attached hydrogen (secondary N) is 1. The molecule has 4 nitrogen and oxygen atoms in total. The Labute approximate surface area is 80.0 Å². The summed E-state index contributed by atoms with van der Waals surface area (Å²) in [7, 11) is 0. The summed E-state index contributed by atoms with van der Waals surface area (Å²) in [6.45, 7) is 1.75. The number of halogens is 1. The summed E-state index contributed by atoms with van der Waals surface area (Å²) in [5.74, 6) is 0.570. The van der Waals surface area contributed by atoms with Gasteiger partial charge in [-0.05, 0) is 19.1 Å². The zero-order valence-electron chi connectivity index (χ0n) is 6.95. The minimum atomic E-state index is 0.370. The van der Waals surface area contributed by atoms with Crippen LogP contribution in [0.1, 0.15) is 5.82 Å². The number of aromatic amines is 1. The molecule has 0 saturated heterocycles. The predicted octanol–water partition coefficient (Wildman–Crippen LogP) is 1.83. The van der Waals surface area contributed by atoms with Crippen LogP contribution in [-0.4, -0.2) is 20.2 Å². The first-order chi connectivity index (χ1) is 6.27. The van der Waals surface area contributed by atoms with Crippen LogP contribution in [0, 0.1) is 6.92 Å². The summed E-state index contributed by atoms with van der Waals surface area (Å²) < 4.78 is 0. The van der Waals surface area contributed by atoms with Crippen molar-refractivity contribution in [2.24, 2.45) is 0 Å². The van der Waals surface area contributed by atoms with E-state index in [1.165, 1.54) is 0 Å². The number of hydrogen-bond acceptors (Lipinski definition) is 3. The Hall–Kier alpha value is -1.42. The Balaban J connectivity index is 2.53. The largest absolute Gasteiger partial charge is 0.360 e. The Morgan fingerprint density at radius 3 is 2.85 bits per heavy atom. The molecule has 1 N–H and O–H groups in total. The van der Waals surface area contributed by atoms with Crippen LogP contribution in [0.25, 0.3) is 11.4 Å². The van der Waals surface area contributed by atoms with Crippen LogP contribution in [0.15, 0.2) is 18.3 Å². The van der Waals surface area contributed by atoms with Crippen molar-refractivity contribution in [3.05, 3.63) is 29.3 Å². The van der Waals surface area contributed by atoms with E-state index in [9.17, 15) is 0 Å². The fourth-order valence-electron chi connectivity index (χ4n) is 1.02. The Bertz CT molecular complexity index is 410. The molecule has 0 aliphatic carbocycles. The van der Waals surface area contributed by atoms with Crippen LogP contribution >= 0.6 is 11.6 Å². The highest BCUT2D eigenvalue weighted by Crippen LogP contribution is 2.20. The molecule has 2 aromatic rings. The molecule has 2 aromatic heterocycles. The van der Waals surface area contributed by atoms with E-state index in [2.05, 4.69) is 20.2 Å². The zero-order chi connectivity index (χ0) is 9.26. The molecular weight excluding hydrogens is 188 g/mol. The van der Waals surface area contributed by atoms with Gasteiger partial charge >= 0.3 is 0 Å². The molecule has 0 saturated carbocycles. The lowest BCUT2D eigenvalue weighted by atomic mass is 10.3. The van der Waals surface area contributed by atoms with E-state index < -0.39 is 0 Å². The third kappa shape index (κ3) is 1.53. The molecule has 0 aliphatic heterocycles. The second kappa shape index (κ2) is 3.14. The SMILES string of the molecule is Cc1nnc(-c2ccc[nH]2)c(Cl)n1. The number of rotatable bonds is 1. The summed E-state index contributed by atoms with van der Waals surface area (Å²) in [5.41, 5.74) is 1.40. The third-order valence-electron chi connectivity index (χ3n) is 1.60. The van der Waals surface area contributed by atoms with E-state index in [1.807, 2.05) is 12.1 Å². The molecule has 0 unspecified atom stereocenters. The monoisotopic (exact) mass is 194 g/mol. The topological polar surface area (TPSA) is 54.5 Å². The lowest BCUT2D eigenvalue weighted by Crippen LogP contribution is -1.95. The summed E-state index contributed by atoms with van der Waals surface area (Å²) in [4.78, 5) is 6.99. The molecule has 0 amide bonds. The fraction of sp³-hybridized carbons (Fsp3) is 0.125. The van der Waals surface area contributed by atoms with Gasteiger partial charge in [-0.3, -0.25) is 0 Å². The third-order valence-corrected chi connectivity index (χ3v) is 1.87. The Kier molecular flexibility index (Phi) is 1.98. The molecule has 13 heavy (non-hydrogen) atoms. The maximum atomic E-state index is 5.89. The number of H-pyrrole nitrogens is 1. The number of nitrogens with zero attached hydrogens (tertiary/aromatic N) is 3. The molecule has 0 radical (unpaired) electrons. The van der Waals surface area contributed by atoms with Gasteiger partial charge in [-0.25, -0.2) is 4.98 Å². The van der Waals surface area contributed by atoms with Gasteiger partial charge in [0.1, 0.15) is 11.5 Å². The molecule has 0 fully saturated rings.